The summed E-state index contributed by atoms with van der Waals surface area (Å²) in [6, 6.07) is 9.88. The van der Waals surface area contributed by atoms with Crippen LogP contribution in [0.4, 0.5) is 29.2 Å². The molecule has 6 rings (SSSR count). The van der Waals surface area contributed by atoms with Gasteiger partial charge in [0.2, 0.25) is 11.8 Å². The Hall–Kier alpha value is -6.31. The Morgan fingerprint density at radius 2 is 1.30 bits per heavy atom. The molecule has 15 nitrogen and oxygen atoms in total. The number of anilines is 2. The van der Waals surface area contributed by atoms with Crippen LogP contribution in [0.15, 0.2) is 85.7 Å². The molecule has 57 heavy (non-hydrogen) atoms. The number of ether oxygens (including phenoxy) is 2. The third-order valence-corrected chi connectivity index (χ3v) is 9.77. The van der Waals surface area contributed by atoms with Gasteiger partial charge in [-0.1, -0.05) is 0 Å². The highest BCUT2D eigenvalue weighted by molar-refractivity contribution is 5.65. The van der Waals surface area contributed by atoms with Crippen LogP contribution < -0.4 is 30.2 Å². The van der Waals surface area contributed by atoms with Crippen LogP contribution in [0.5, 0.6) is 23.3 Å². The molecule has 298 valence electrons. The van der Waals surface area contributed by atoms with Crippen LogP contribution in [0.1, 0.15) is 29.0 Å². The first kappa shape index (κ1) is 40.4. The van der Waals surface area contributed by atoms with Gasteiger partial charge in [-0.3, -0.25) is 0 Å². The van der Waals surface area contributed by atoms with Gasteiger partial charge < -0.3 is 50.4 Å². The smallest absolute Gasteiger partial charge is 0.237 e. The minimum absolute atomic E-state index is 0.0758. The number of aromatic nitrogens is 5. The van der Waals surface area contributed by atoms with Gasteiger partial charge in [0.15, 0.2) is 25.0 Å². The number of halogens is 4. The van der Waals surface area contributed by atoms with E-state index in [-0.39, 0.29) is 65.5 Å². The van der Waals surface area contributed by atoms with E-state index in [0.29, 0.717) is 22.9 Å². The lowest BCUT2D eigenvalue weighted by molar-refractivity contribution is -0.605. The highest BCUT2D eigenvalue weighted by Crippen LogP contribution is 2.54. The summed E-state index contributed by atoms with van der Waals surface area (Å²) in [6.45, 7) is -0.805. The van der Waals surface area contributed by atoms with Crippen LogP contribution in [0, 0.1) is 34.1 Å². The molecule has 4 heterocycles. The Morgan fingerprint density at radius 1 is 0.807 bits per heavy atom. The van der Waals surface area contributed by atoms with Crippen molar-refractivity contribution < 1.29 is 51.6 Å². The third kappa shape index (κ3) is 9.06. The number of benzene rings is 2. The molecule has 0 saturated carbocycles. The summed E-state index contributed by atoms with van der Waals surface area (Å²) in [4.78, 5) is 42.5. The Balaban J connectivity index is 1.27. The van der Waals surface area contributed by atoms with Crippen molar-refractivity contribution in [1.29, 1.82) is 0 Å². The molecule has 0 aliphatic carbocycles. The SMILES string of the molecule is O=CC([C@H](F)Nc1cnc(Oc2ccc(F)cc2CO)cn1)C1(C(C=O)[C@H](F)Nc2cnc(Oc3ccc(F)cc3CO)cn2)CCNC[C@H]1c1cc[n+]([O-])cc1. The van der Waals surface area contributed by atoms with Gasteiger partial charge in [0.05, 0.1) is 49.8 Å². The highest BCUT2D eigenvalue weighted by atomic mass is 19.1. The first-order valence-corrected chi connectivity index (χ1v) is 17.5. The minimum atomic E-state index is -2.27. The van der Waals surface area contributed by atoms with Crippen molar-refractivity contribution in [3.8, 4) is 23.3 Å². The fourth-order valence-corrected chi connectivity index (χ4v) is 7.07. The van der Waals surface area contributed by atoms with Crippen molar-refractivity contribution in [3.63, 3.8) is 0 Å². The second-order valence-electron chi connectivity index (χ2n) is 13.0. The third-order valence-electron chi connectivity index (χ3n) is 9.77. The van der Waals surface area contributed by atoms with Gasteiger partial charge in [-0.05, 0) is 54.9 Å². The standard InChI is InChI=1S/C38H36F4N8O7/c39-25-1-3-30(23(11-25)18-51)56-34-16-44-32(14-46-34)48-36(41)28(20-53)38(7-8-43-13-27(38)22-5-9-50(55)10-6-22)29(21-54)37(42)49-33-15-47-35(17-45-33)57-31-4-2-26(40)12-24(31)19-52/h1-6,9-12,14-17,20-21,27-29,36-37,43,51-52H,7-8,13,18-19H2,(H,44,48)(H,45,49)/t27-,28?,29?,36+,37+,38?/m0/s1. The fourth-order valence-electron chi connectivity index (χ4n) is 7.07. The van der Waals surface area contributed by atoms with Crippen molar-refractivity contribution in [2.24, 2.45) is 17.3 Å². The molecular formula is C38H36F4N8O7. The molecule has 5 aromatic rings. The molecule has 1 aliphatic rings. The van der Waals surface area contributed by atoms with Gasteiger partial charge in [0.25, 0.3) is 0 Å². The maximum absolute atomic E-state index is 16.7. The Kier molecular flexibility index (Phi) is 12.8. The zero-order valence-corrected chi connectivity index (χ0v) is 29.8. The minimum Gasteiger partial charge on any atom is -0.619 e. The second-order valence-corrected chi connectivity index (χ2v) is 13.0. The number of piperidine rings is 1. The Labute approximate surface area is 322 Å². The molecule has 3 aromatic heterocycles. The van der Waals surface area contributed by atoms with Crippen molar-refractivity contribution in [1.82, 2.24) is 25.3 Å². The molecule has 0 spiro atoms. The van der Waals surface area contributed by atoms with E-state index < -0.39 is 60.6 Å². The van der Waals surface area contributed by atoms with Crippen molar-refractivity contribution >= 4 is 24.2 Å². The molecule has 5 N–H and O–H groups in total. The molecule has 0 bridgehead atoms. The Morgan fingerprint density at radius 3 is 1.72 bits per heavy atom. The molecule has 0 radical (unpaired) electrons. The monoisotopic (exact) mass is 792 g/mol. The number of aldehydes is 2. The normalized spacial score (nSPS) is 18.7. The molecule has 1 fully saturated rings. The van der Waals surface area contributed by atoms with Gasteiger partial charge in [-0.2, -0.15) is 4.73 Å². The molecule has 0 amide bonds. The number of carbonyl (C=O) groups excluding carboxylic acids is 2. The Bertz CT molecular complexity index is 2020. The van der Waals surface area contributed by atoms with Crippen molar-refractivity contribution in [3.05, 3.63) is 119 Å². The van der Waals surface area contributed by atoms with Gasteiger partial charge in [0, 0.05) is 41.1 Å². The van der Waals surface area contributed by atoms with Crippen LogP contribution in [-0.2, 0) is 22.8 Å². The summed E-state index contributed by atoms with van der Waals surface area (Å²) in [5.74, 6) is -5.76. The van der Waals surface area contributed by atoms with E-state index in [1.54, 1.807) is 0 Å². The number of nitrogens with zero attached hydrogens (tertiary/aromatic N) is 5. The summed E-state index contributed by atoms with van der Waals surface area (Å²) < 4.78 is 72.3. The lowest BCUT2D eigenvalue weighted by Gasteiger charge is -2.52. The molecule has 2 aromatic carbocycles. The van der Waals surface area contributed by atoms with Gasteiger partial charge >= 0.3 is 0 Å². The largest absolute Gasteiger partial charge is 0.619 e. The topological polar surface area (TPSA) is 208 Å². The summed E-state index contributed by atoms with van der Waals surface area (Å²) in [5, 5.41) is 39.2. The fraction of sp³-hybridized carbons (Fsp3) is 0.289. The molecule has 2 unspecified atom stereocenters. The number of pyridine rings is 1. The van der Waals surface area contributed by atoms with E-state index in [1.807, 2.05) is 0 Å². The lowest BCUT2D eigenvalue weighted by atomic mass is 9.54. The van der Waals surface area contributed by atoms with Crippen LogP contribution in [0.3, 0.4) is 0 Å². The first-order chi connectivity index (χ1) is 27.6. The molecule has 19 heteroatoms. The lowest BCUT2D eigenvalue weighted by Crippen LogP contribution is -2.59. The van der Waals surface area contributed by atoms with E-state index >= 15 is 8.78 Å². The summed E-state index contributed by atoms with van der Waals surface area (Å²) in [5.41, 5.74) is -1.06. The zero-order valence-electron chi connectivity index (χ0n) is 29.8. The van der Waals surface area contributed by atoms with E-state index in [4.69, 9.17) is 9.47 Å². The van der Waals surface area contributed by atoms with Crippen LogP contribution >= 0.6 is 0 Å². The molecule has 1 saturated heterocycles. The summed E-state index contributed by atoms with van der Waals surface area (Å²) in [6.07, 6.45) is 2.86. The first-order valence-electron chi connectivity index (χ1n) is 17.5. The number of hydrogen-bond donors (Lipinski definition) is 5. The molecule has 5 atom stereocenters. The van der Waals surface area contributed by atoms with E-state index in [9.17, 15) is 33.8 Å². The number of nitrogens with one attached hydrogen (secondary N) is 3. The average Bonchev–Trinajstić information content (AvgIpc) is 3.21. The van der Waals surface area contributed by atoms with E-state index in [1.165, 1.54) is 36.7 Å². The average molecular weight is 793 g/mol. The van der Waals surface area contributed by atoms with Gasteiger partial charge in [-0.25, -0.2) is 37.5 Å². The van der Waals surface area contributed by atoms with E-state index in [2.05, 4.69) is 35.9 Å². The maximum Gasteiger partial charge on any atom is 0.237 e. The maximum atomic E-state index is 16.7. The van der Waals surface area contributed by atoms with Crippen molar-refractivity contribution in [2.45, 2.75) is 38.1 Å². The number of hydrogen-bond acceptors (Lipinski definition) is 14. The van der Waals surface area contributed by atoms with Gasteiger partial charge in [0.1, 0.15) is 47.3 Å². The molecular weight excluding hydrogens is 756 g/mol. The van der Waals surface area contributed by atoms with Crippen LogP contribution in [0.2, 0.25) is 0 Å². The summed E-state index contributed by atoms with van der Waals surface area (Å²) in [7, 11) is 0. The predicted octanol–water partition coefficient (Wildman–Crippen LogP) is 4.26. The number of aliphatic hydroxyl groups excluding tert-OH is 2. The highest BCUT2D eigenvalue weighted by Gasteiger charge is 2.57. The number of carbonyl (C=O) groups is 2. The molecule has 1 aliphatic heterocycles. The van der Waals surface area contributed by atoms with Crippen LogP contribution in [-0.4, -0.2) is 68.4 Å². The quantitative estimate of drug-likeness (QED) is 0.0293. The van der Waals surface area contributed by atoms with Crippen LogP contribution in [0.25, 0.3) is 0 Å². The number of aliphatic hydroxyl groups is 2. The summed E-state index contributed by atoms with van der Waals surface area (Å²) >= 11 is 0. The van der Waals surface area contributed by atoms with Crippen molar-refractivity contribution in [2.75, 3.05) is 23.7 Å². The van der Waals surface area contributed by atoms with E-state index in [0.717, 1.165) is 49.1 Å². The van der Waals surface area contributed by atoms with Gasteiger partial charge in [-0.15, -0.1) is 0 Å². The second kappa shape index (κ2) is 18.1. The predicted molar refractivity (Wildman–Crippen MR) is 193 cm³/mol. The number of rotatable bonds is 17. The number of alkyl halides is 2. The zero-order chi connectivity index (χ0) is 40.5.